The molecule has 1 N–H and O–H groups in total. The lowest BCUT2D eigenvalue weighted by Gasteiger charge is -2.34. The van der Waals surface area contributed by atoms with Crippen LogP contribution < -0.4 is 10.2 Å². The van der Waals surface area contributed by atoms with Crippen molar-refractivity contribution in [3.8, 4) is 0 Å². The first-order chi connectivity index (χ1) is 14.9. The SMILES string of the molecule is CS(=O)(=O)c1ccc(Nc2nc(CC(=O)N3CCN(c4ncccn4)CC3)cs2)cc1. The minimum absolute atomic E-state index is 0.0444. The average molecular weight is 459 g/mol. The van der Waals surface area contributed by atoms with Crippen molar-refractivity contribution in [1.29, 1.82) is 0 Å². The van der Waals surface area contributed by atoms with E-state index in [1.807, 2.05) is 10.3 Å². The molecule has 2 aromatic heterocycles. The van der Waals surface area contributed by atoms with Crippen LogP contribution in [0.15, 0.2) is 53.0 Å². The molecule has 1 aromatic carbocycles. The van der Waals surface area contributed by atoms with Crippen molar-refractivity contribution < 1.29 is 13.2 Å². The van der Waals surface area contributed by atoms with Gasteiger partial charge in [0.05, 0.1) is 17.0 Å². The van der Waals surface area contributed by atoms with Gasteiger partial charge >= 0.3 is 0 Å². The first-order valence-corrected chi connectivity index (χ1v) is 12.5. The van der Waals surface area contributed by atoms with E-state index in [-0.39, 0.29) is 17.2 Å². The highest BCUT2D eigenvalue weighted by Gasteiger charge is 2.23. The third-order valence-electron chi connectivity index (χ3n) is 4.89. The van der Waals surface area contributed by atoms with E-state index in [1.54, 1.807) is 42.7 Å². The molecule has 0 atom stereocenters. The van der Waals surface area contributed by atoms with Crippen molar-refractivity contribution in [2.45, 2.75) is 11.3 Å². The van der Waals surface area contributed by atoms with Crippen LogP contribution >= 0.6 is 11.3 Å². The molecular weight excluding hydrogens is 436 g/mol. The van der Waals surface area contributed by atoms with Crippen LogP contribution in [0.25, 0.3) is 0 Å². The monoisotopic (exact) mass is 458 g/mol. The van der Waals surface area contributed by atoms with Crippen LogP contribution in [-0.2, 0) is 21.1 Å². The summed E-state index contributed by atoms with van der Waals surface area (Å²) in [7, 11) is -3.22. The minimum Gasteiger partial charge on any atom is -0.339 e. The molecule has 1 aliphatic rings. The highest BCUT2D eigenvalue weighted by molar-refractivity contribution is 7.90. The van der Waals surface area contributed by atoms with Crippen LogP contribution in [0.4, 0.5) is 16.8 Å². The fourth-order valence-electron chi connectivity index (χ4n) is 3.23. The second-order valence-electron chi connectivity index (χ2n) is 7.16. The topological polar surface area (TPSA) is 108 Å². The molecule has 3 heterocycles. The lowest BCUT2D eigenvalue weighted by Crippen LogP contribution is -2.49. The Hall–Kier alpha value is -3.05. The molecule has 1 saturated heterocycles. The van der Waals surface area contributed by atoms with Gasteiger partial charge in [-0.2, -0.15) is 0 Å². The molecule has 9 nitrogen and oxygen atoms in total. The number of anilines is 3. The number of aromatic nitrogens is 3. The number of nitrogens with one attached hydrogen (secondary N) is 1. The molecule has 4 rings (SSSR count). The van der Waals surface area contributed by atoms with Gasteiger partial charge in [-0.25, -0.2) is 23.4 Å². The molecule has 0 aliphatic carbocycles. The zero-order valence-corrected chi connectivity index (χ0v) is 18.6. The van der Waals surface area contributed by atoms with E-state index in [2.05, 4.69) is 25.2 Å². The molecule has 0 bridgehead atoms. The summed E-state index contributed by atoms with van der Waals surface area (Å²) in [5.41, 5.74) is 1.44. The van der Waals surface area contributed by atoms with Gasteiger partial charge in [0.15, 0.2) is 15.0 Å². The maximum atomic E-state index is 12.7. The Labute approximate surface area is 184 Å². The van der Waals surface area contributed by atoms with E-state index in [1.165, 1.54) is 17.6 Å². The number of piperazine rings is 1. The van der Waals surface area contributed by atoms with Gasteiger partial charge in [0, 0.05) is 55.9 Å². The first kappa shape index (κ1) is 21.2. The molecule has 1 amide bonds. The number of thiazole rings is 1. The summed E-state index contributed by atoms with van der Waals surface area (Å²) in [5.74, 6) is 0.734. The predicted octanol–water partition coefficient (Wildman–Crippen LogP) is 1.97. The second kappa shape index (κ2) is 8.98. The zero-order valence-electron chi connectivity index (χ0n) is 16.9. The molecule has 0 spiro atoms. The van der Waals surface area contributed by atoms with Gasteiger partial charge in [-0.1, -0.05) is 0 Å². The molecule has 31 heavy (non-hydrogen) atoms. The van der Waals surface area contributed by atoms with Gasteiger partial charge in [0.25, 0.3) is 0 Å². The van der Waals surface area contributed by atoms with Crippen molar-refractivity contribution in [3.63, 3.8) is 0 Å². The first-order valence-electron chi connectivity index (χ1n) is 9.70. The number of rotatable bonds is 6. The largest absolute Gasteiger partial charge is 0.339 e. The molecule has 0 radical (unpaired) electrons. The Kier molecular flexibility index (Phi) is 6.14. The van der Waals surface area contributed by atoms with E-state index >= 15 is 0 Å². The summed E-state index contributed by atoms with van der Waals surface area (Å²) in [6.45, 7) is 2.64. The normalized spacial score (nSPS) is 14.5. The summed E-state index contributed by atoms with van der Waals surface area (Å²) < 4.78 is 23.1. The van der Waals surface area contributed by atoms with Crippen LogP contribution in [0.3, 0.4) is 0 Å². The maximum Gasteiger partial charge on any atom is 0.228 e. The van der Waals surface area contributed by atoms with Crippen LogP contribution in [0.5, 0.6) is 0 Å². The summed E-state index contributed by atoms with van der Waals surface area (Å²) in [6, 6.07) is 8.27. The molecule has 162 valence electrons. The highest BCUT2D eigenvalue weighted by Crippen LogP contribution is 2.23. The maximum absolute atomic E-state index is 12.7. The average Bonchev–Trinajstić information content (AvgIpc) is 3.21. The van der Waals surface area contributed by atoms with Gasteiger partial charge < -0.3 is 15.1 Å². The smallest absolute Gasteiger partial charge is 0.228 e. The van der Waals surface area contributed by atoms with Gasteiger partial charge in [-0.05, 0) is 30.3 Å². The van der Waals surface area contributed by atoms with Gasteiger partial charge in [0.2, 0.25) is 11.9 Å². The van der Waals surface area contributed by atoms with Crippen molar-refractivity contribution in [1.82, 2.24) is 19.9 Å². The molecule has 0 unspecified atom stereocenters. The summed E-state index contributed by atoms with van der Waals surface area (Å²) in [6.07, 6.45) is 4.85. The fraction of sp³-hybridized carbons (Fsp3) is 0.300. The number of hydrogen-bond acceptors (Lipinski definition) is 9. The number of carbonyl (C=O) groups excluding carboxylic acids is 1. The Morgan fingerprint density at radius 1 is 1.10 bits per heavy atom. The van der Waals surface area contributed by atoms with E-state index in [0.717, 1.165) is 5.69 Å². The van der Waals surface area contributed by atoms with Crippen LogP contribution in [-0.4, -0.2) is 66.6 Å². The van der Waals surface area contributed by atoms with E-state index in [0.29, 0.717) is 43.0 Å². The zero-order chi connectivity index (χ0) is 21.8. The van der Waals surface area contributed by atoms with Gasteiger partial charge in [-0.15, -0.1) is 11.3 Å². The Morgan fingerprint density at radius 2 is 1.77 bits per heavy atom. The number of sulfone groups is 1. The van der Waals surface area contributed by atoms with Crippen LogP contribution in [0, 0.1) is 0 Å². The van der Waals surface area contributed by atoms with Crippen LogP contribution in [0.2, 0.25) is 0 Å². The van der Waals surface area contributed by atoms with Gasteiger partial charge in [-0.3, -0.25) is 4.79 Å². The third-order valence-corrected chi connectivity index (χ3v) is 6.82. The van der Waals surface area contributed by atoms with Crippen LogP contribution in [0.1, 0.15) is 5.69 Å². The number of benzene rings is 1. The van der Waals surface area contributed by atoms with E-state index in [4.69, 9.17) is 0 Å². The number of nitrogens with zero attached hydrogens (tertiary/aromatic N) is 5. The van der Waals surface area contributed by atoms with Gasteiger partial charge in [0.1, 0.15) is 0 Å². The summed E-state index contributed by atoms with van der Waals surface area (Å²) in [4.78, 5) is 29.9. The standard InChI is InChI=1S/C20H22N6O3S2/c1-31(28,29)17-5-3-15(4-6-17)23-20-24-16(14-30-20)13-18(27)25-9-11-26(12-10-25)19-21-7-2-8-22-19/h2-8,14H,9-13H2,1H3,(H,23,24). The predicted molar refractivity (Wildman–Crippen MR) is 119 cm³/mol. The highest BCUT2D eigenvalue weighted by atomic mass is 32.2. The fourth-order valence-corrected chi connectivity index (χ4v) is 4.59. The Morgan fingerprint density at radius 3 is 2.42 bits per heavy atom. The quantitative estimate of drug-likeness (QED) is 0.597. The number of amides is 1. The third kappa shape index (κ3) is 5.36. The lowest BCUT2D eigenvalue weighted by molar-refractivity contribution is -0.130. The number of hydrogen-bond donors (Lipinski definition) is 1. The van der Waals surface area contributed by atoms with E-state index < -0.39 is 9.84 Å². The Bertz CT molecular complexity index is 1140. The molecule has 1 fully saturated rings. The molecular formula is C20H22N6O3S2. The molecule has 0 saturated carbocycles. The van der Waals surface area contributed by atoms with Crippen molar-refractivity contribution in [3.05, 3.63) is 53.8 Å². The number of carbonyl (C=O) groups is 1. The molecule has 1 aliphatic heterocycles. The minimum atomic E-state index is -3.22. The summed E-state index contributed by atoms with van der Waals surface area (Å²) in [5, 5.41) is 5.66. The van der Waals surface area contributed by atoms with Crippen molar-refractivity contribution in [2.75, 3.05) is 42.7 Å². The summed E-state index contributed by atoms with van der Waals surface area (Å²) >= 11 is 1.40. The molecule has 11 heteroatoms. The molecule has 3 aromatic rings. The second-order valence-corrected chi connectivity index (χ2v) is 10.0. The van der Waals surface area contributed by atoms with E-state index in [9.17, 15) is 13.2 Å². The Balaban J connectivity index is 1.30. The van der Waals surface area contributed by atoms with Crippen molar-refractivity contribution in [2.24, 2.45) is 0 Å². The van der Waals surface area contributed by atoms with Crippen molar-refractivity contribution >= 4 is 43.8 Å². The lowest BCUT2D eigenvalue weighted by atomic mass is 10.2.